The predicted molar refractivity (Wildman–Crippen MR) is 50.5 cm³/mol. The number of halogens is 3. The van der Waals surface area contributed by atoms with Crippen LogP contribution in [0.25, 0.3) is 10.8 Å². The smallest absolute Gasteiger partial charge is 0.205 e. The van der Waals surface area contributed by atoms with Gasteiger partial charge in [0.2, 0.25) is 11.6 Å². The van der Waals surface area contributed by atoms with Crippen molar-refractivity contribution in [3.05, 3.63) is 23.5 Å². The van der Waals surface area contributed by atoms with Gasteiger partial charge in [-0.1, -0.05) is 0 Å². The predicted octanol–water partition coefficient (Wildman–Crippen LogP) is 2.08. The van der Waals surface area contributed by atoms with Crippen molar-refractivity contribution in [2.75, 3.05) is 0 Å². The summed E-state index contributed by atoms with van der Waals surface area (Å²) in [5.41, 5.74) is 0. The third kappa shape index (κ3) is 1.32. The minimum absolute atomic E-state index is 0.397. The first-order valence-electron chi connectivity index (χ1n) is 4.29. The average molecular weight is 246 g/mol. The van der Waals surface area contributed by atoms with Crippen LogP contribution in [0.1, 0.15) is 0 Å². The second-order valence-corrected chi connectivity index (χ2v) is 3.30. The maximum absolute atomic E-state index is 13.1. The van der Waals surface area contributed by atoms with E-state index in [1.165, 1.54) is 0 Å². The summed E-state index contributed by atoms with van der Waals surface area (Å²) in [6.45, 7) is 0. The molecule has 0 atom stereocenters. The molecule has 0 saturated carbocycles. The van der Waals surface area contributed by atoms with Gasteiger partial charge in [-0.2, -0.15) is 8.78 Å². The highest BCUT2D eigenvalue weighted by Crippen LogP contribution is 2.46. The van der Waals surface area contributed by atoms with Gasteiger partial charge in [0.1, 0.15) is 5.75 Å². The Morgan fingerprint density at radius 2 is 1.18 bits per heavy atom. The first-order valence-corrected chi connectivity index (χ1v) is 4.29. The van der Waals surface area contributed by atoms with Crippen LogP contribution in [-0.4, -0.2) is 20.4 Å². The van der Waals surface area contributed by atoms with Crippen LogP contribution in [0, 0.1) is 17.5 Å². The average Bonchev–Trinajstić information content (AvgIpc) is 2.28. The van der Waals surface area contributed by atoms with E-state index < -0.39 is 51.2 Å². The molecule has 2 aromatic carbocycles. The quantitative estimate of drug-likeness (QED) is 0.536. The van der Waals surface area contributed by atoms with Gasteiger partial charge in [0.15, 0.2) is 23.1 Å². The van der Waals surface area contributed by atoms with Crippen LogP contribution in [0.5, 0.6) is 23.0 Å². The fraction of sp³-hybridized carbons (Fsp3) is 0. The minimum Gasteiger partial charge on any atom is -0.507 e. The summed E-state index contributed by atoms with van der Waals surface area (Å²) < 4.78 is 39.2. The molecule has 0 aromatic heterocycles. The number of benzene rings is 2. The zero-order chi connectivity index (χ0) is 12.9. The Hall–Kier alpha value is -2.31. The third-order valence-corrected chi connectivity index (χ3v) is 2.31. The van der Waals surface area contributed by atoms with Gasteiger partial charge in [-0.3, -0.25) is 0 Å². The Labute approximate surface area is 91.8 Å². The normalized spacial score (nSPS) is 11.0. The van der Waals surface area contributed by atoms with Crippen molar-refractivity contribution in [2.24, 2.45) is 0 Å². The van der Waals surface area contributed by atoms with Crippen molar-refractivity contribution < 1.29 is 33.6 Å². The highest BCUT2D eigenvalue weighted by Gasteiger charge is 2.25. The number of hydrogen-bond acceptors (Lipinski definition) is 4. The first kappa shape index (κ1) is 11.2. The van der Waals surface area contributed by atoms with Gasteiger partial charge >= 0.3 is 0 Å². The van der Waals surface area contributed by atoms with E-state index in [-0.39, 0.29) is 0 Å². The second-order valence-electron chi connectivity index (χ2n) is 3.30. The van der Waals surface area contributed by atoms with Crippen molar-refractivity contribution >= 4 is 10.8 Å². The Bertz CT molecular complexity index is 640. The fourth-order valence-corrected chi connectivity index (χ4v) is 1.52. The SMILES string of the molecule is Oc1cc(F)c(O)c2c(O)c(F)c(F)c(O)c12. The Morgan fingerprint density at radius 1 is 0.706 bits per heavy atom. The lowest BCUT2D eigenvalue weighted by Crippen LogP contribution is -1.91. The van der Waals surface area contributed by atoms with E-state index in [1.807, 2.05) is 0 Å². The lowest BCUT2D eigenvalue weighted by atomic mass is 10.1. The van der Waals surface area contributed by atoms with Gasteiger partial charge < -0.3 is 20.4 Å². The molecule has 0 bridgehead atoms. The zero-order valence-electron chi connectivity index (χ0n) is 8.00. The van der Waals surface area contributed by atoms with Crippen LogP contribution in [0.2, 0.25) is 0 Å². The van der Waals surface area contributed by atoms with Crippen molar-refractivity contribution in [2.45, 2.75) is 0 Å². The zero-order valence-corrected chi connectivity index (χ0v) is 8.00. The van der Waals surface area contributed by atoms with Crippen LogP contribution in [0.15, 0.2) is 6.07 Å². The van der Waals surface area contributed by atoms with Gasteiger partial charge in [-0.05, 0) is 0 Å². The lowest BCUT2D eigenvalue weighted by molar-refractivity contribution is 0.375. The van der Waals surface area contributed by atoms with Crippen molar-refractivity contribution in [3.8, 4) is 23.0 Å². The Balaban J connectivity index is 3.17. The van der Waals surface area contributed by atoms with Crippen LogP contribution < -0.4 is 0 Å². The molecule has 0 aliphatic rings. The molecule has 0 amide bonds. The van der Waals surface area contributed by atoms with Crippen molar-refractivity contribution in [1.29, 1.82) is 0 Å². The van der Waals surface area contributed by atoms with E-state index in [4.69, 9.17) is 0 Å². The van der Waals surface area contributed by atoms with Crippen molar-refractivity contribution in [1.82, 2.24) is 0 Å². The number of phenolic OH excluding ortho intramolecular Hbond substituents is 4. The van der Waals surface area contributed by atoms with Crippen molar-refractivity contribution in [3.63, 3.8) is 0 Å². The van der Waals surface area contributed by atoms with Gasteiger partial charge in [0, 0.05) is 6.07 Å². The summed E-state index contributed by atoms with van der Waals surface area (Å²) in [4.78, 5) is 0. The van der Waals surface area contributed by atoms with Gasteiger partial charge in [-0.25, -0.2) is 4.39 Å². The molecular weight excluding hydrogens is 241 g/mol. The number of phenols is 4. The number of rotatable bonds is 0. The van der Waals surface area contributed by atoms with E-state index in [9.17, 15) is 33.6 Å². The van der Waals surface area contributed by atoms with Gasteiger partial charge in [0.25, 0.3) is 0 Å². The molecular formula is C10H5F3O4. The number of fused-ring (bicyclic) bond motifs is 1. The first-order chi connectivity index (χ1) is 7.86. The third-order valence-electron chi connectivity index (χ3n) is 2.31. The molecule has 0 aliphatic carbocycles. The standard InChI is InChI=1S/C10H5F3O4/c11-2-1-3(14)4-5(8(2)15)10(17)7(13)6(12)9(4)16/h1,14-17H. The highest BCUT2D eigenvalue weighted by atomic mass is 19.2. The Kier molecular flexibility index (Phi) is 2.20. The summed E-state index contributed by atoms with van der Waals surface area (Å²) >= 11 is 0. The summed E-state index contributed by atoms with van der Waals surface area (Å²) in [6, 6.07) is 0.397. The molecule has 0 saturated heterocycles. The molecule has 7 heteroatoms. The summed E-state index contributed by atoms with van der Waals surface area (Å²) in [5.74, 6) is -9.89. The summed E-state index contributed by atoms with van der Waals surface area (Å²) in [7, 11) is 0. The lowest BCUT2D eigenvalue weighted by Gasteiger charge is -2.10. The van der Waals surface area contributed by atoms with Crippen LogP contribution in [0.3, 0.4) is 0 Å². The summed E-state index contributed by atoms with van der Waals surface area (Å²) in [6.07, 6.45) is 0. The van der Waals surface area contributed by atoms with Crippen LogP contribution in [-0.2, 0) is 0 Å². The van der Waals surface area contributed by atoms with E-state index in [0.717, 1.165) is 0 Å². The monoisotopic (exact) mass is 246 g/mol. The Morgan fingerprint density at radius 3 is 1.71 bits per heavy atom. The molecule has 0 spiro atoms. The molecule has 0 radical (unpaired) electrons. The molecule has 0 fully saturated rings. The second kappa shape index (κ2) is 3.34. The van der Waals surface area contributed by atoms with Crippen LogP contribution >= 0.6 is 0 Å². The van der Waals surface area contributed by atoms with Crippen LogP contribution in [0.4, 0.5) is 13.2 Å². The molecule has 2 rings (SSSR count). The topological polar surface area (TPSA) is 80.9 Å². The molecule has 0 heterocycles. The number of hydrogen-bond donors (Lipinski definition) is 4. The molecule has 0 unspecified atom stereocenters. The molecule has 90 valence electrons. The number of aromatic hydroxyl groups is 4. The van der Waals surface area contributed by atoms with E-state index in [1.54, 1.807) is 0 Å². The van der Waals surface area contributed by atoms with E-state index in [2.05, 4.69) is 0 Å². The minimum atomic E-state index is -1.85. The summed E-state index contributed by atoms with van der Waals surface area (Å²) in [5, 5.41) is 35.3. The molecule has 4 N–H and O–H groups in total. The molecule has 0 aliphatic heterocycles. The van der Waals surface area contributed by atoms with Gasteiger partial charge in [0.05, 0.1) is 10.8 Å². The molecule has 4 nitrogen and oxygen atoms in total. The fourth-order valence-electron chi connectivity index (χ4n) is 1.52. The highest BCUT2D eigenvalue weighted by molar-refractivity contribution is 6.01. The molecule has 17 heavy (non-hydrogen) atoms. The largest absolute Gasteiger partial charge is 0.507 e. The van der Waals surface area contributed by atoms with E-state index in [0.29, 0.717) is 6.07 Å². The molecule has 2 aromatic rings. The maximum Gasteiger partial charge on any atom is 0.205 e. The van der Waals surface area contributed by atoms with E-state index >= 15 is 0 Å². The van der Waals surface area contributed by atoms with Gasteiger partial charge in [-0.15, -0.1) is 0 Å². The maximum atomic E-state index is 13.1.